The van der Waals surface area contributed by atoms with Gasteiger partial charge >= 0.3 is 0 Å². The Hall–Kier alpha value is -3.90. The van der Waals surface area contributed by atoms with Gasteiger partial charge in [0.2, 0.25) is 5.82 Å². The first-order valence-corrected chi connectivity index (χ1v) is 9.94. The van der Waals surface area contributed by atoms with Crippen LogP contribution in [0.25, 0.3) is 11.1 Å². The zero-order valence-corrected chi connectivity index (χ0v) is 17.1. The van der Waals surface area contributed by atoms with Gasteiger partial charge in [-0.05, 0) is 23.8 Å². The van der Waals surface area contributed by atoms with E-state index in [2.05, 4.69) is 26.8 Å². The molecular formula is C22H22N6O3. The molecule has 0 saturated carbocycles. The molecule has 3 aromatic rings. The van der Waals surface area contributed by atoms with Crippen molar-refractivity contribution in [2.45, 2.75) is 13.1 Å². The number of hydrogen-bond donors (Lipinski definition) is 2. The van der Waals surface area contributed by atoms with Crippen LogP contribution in [0.15, 0.2) is 36.4 Å². The molecule has 31 heavy (non-hydrogen) atoms. The number of carbonyl (C=O) groups is 1. The average molecular weight is 418 g/mol. The van der Waals surface area contributed by atoms with E-state index in [1.807, 2.05) is 43.4 Å². The van der Waals surface area contributed by atoms with Gasteiger partial charge in [-0.25, -0.2) is 9.67 Å². The molecule has 0 spiro atoms. The molecule has 0 atom stereocenters. The van der Waals surface area contributed by atoms with E-state index in [1.54, 1.807) is 4.68 Å². The number of carbonyl (C=O) groups excluding carboxylic acids is 1. The summed E-state index contributed by atoms with van der Waals surface area (Å²) in [5.74, 6) is 2.61. The van der Waals surface area contributed by atoms with Crippen molar-refractivity contribution in [2.75, 3.05) is 32.1 Å². The number of nitrogens with zero attached hydrogens (tertiary/aromatic N) is 4. The largest absolute Gasteiger partial charge is 0.486 e. The van der Waals surface area contributed by atoms with Crippen molar-refractivity contribution in [2.24, 2.45) is 0 Å². The zero-order chi connectivity index (χ0) is 21.6. The standard InChI is InChI=1S/C16H14N2O2.C6H8N4O/c1-18-14-4-2-3-12(13(14)10-17)11-5-6-15-16(9-11)20-8-7-19-15;11-4-5-8-6-3-7-1-2-10(6)9-5/h2-6,9,18H,7-8H2,1H3;4,7H,1-3H2. The van der Waals surface area contributed by atoms with Gasteiger partial charge in [0.25, 0.3) is 0 Å². The molecule has 158 valence electrons. The molecule has 1 aromatic heterocycles. The number of rotatable bonds is 3. The Balaban J connectivity index is 0.000000177. The topological polar surface area (TPSA) is 114 Å². The predicted octanol–water partition coefficient (Wildman–Crippen LogP) is 2.23. The van der Waals surface area contributed by atoms with Crippen LogP contribution in [-0.2, 0) is 13.1 Å². The van der Waals surface area contributed by atoms with Crippen molar-refractivity contribution in [3.63, 3.8) is 0 Å². The molecule has 9 nitrogen and oxygen atoms in total. The second-order valence-electron chi connectivity index (χ2n) is 6.85. The Morgan fingerprint density at radius 1 is 1.23 bits per heavy atom. The van der Waals surface area contributed by atoms with Crippen LogP contribution >= 0.6 is 0 Å². The van der Waals surface area contributed by atoms with Crippen LogP contribution in [0, 0.1) is 11.3 Å². The third-order valence-electron chi connectivity index (χ3n) is 4.95. The maximum absolute atomic E-state index is 10.3. The molecule has 2 N–H and O–H groups in total. The second-order valence-corrected chi connectivity index (χ2v) is 6.85. The second kappa shape index (κ2) is 9.28. The first-order valence-electron chi connectivity index (χ1n) is 9.94. The minimum Gasteiger partial charge on any atom is -0.486 e. The monoisotopic (exact) mass is 418 g/mol. The van der Waals surface area contributed by atoms with Crippen LogP contribution in [0.3, 0.4) is 0 Å². The molecule has 2 aromatic carbocycles. The third-order valence-corrected chi connectivity index (χ3v) is 4.95. The van der Waals surface area contributed by atoms with Gasteiger partial charge in [0.1, 0.15) is 25.1 Å². The van der Waals surface area contributed by atoms with E-state index in [-0.39, 0.29) is 5.82 Å². The number of anilines is 1. The Labute approximate surface area is 179 Å². The summed E-state index contributed by atoms with van der Waals surface area (Å²) in [6.07, 6.45) is 0.672. The first kappa shape index (κ1) is 20.4. The quantitative estimate of drug-likeness (QED) is 0.623. The van der Waals surface area contributed by atoms with Crippen LogP contribution in [0.2, 0.25) is 0 Å². The molecule has 9 heteroatoms. The number of aldehydes is 1. The molecule has 0 unspecified atom stereocenters. The molecule has 5 rings (SSSR count). The molecule has 0 fully saturated rings. The fraction of sp³-hybridized carbons (Fsp3) is 0.273. The van der Waals surface area contributed by atoms with Crippen molar-refractivity contribution in [3.05, 3.63) is 53.6 Å². The Morgan fingerprint density at radius 2 is 2.06 bits per heavy atom. The summed E-state index contributed by atoms with van der Waals surface area (Å²) >= 11 is 0. The van der Waals surface area contributed by atoms with Crippen LogP contribution in [0.4, 0.5) is 5.69 Å². The van der Waals surface area contributed by atoms with E-state index in [0.29, 0.717) is 31.6 Å². The smallest absolute Gasteiger partial charge is 0.214 e. The van der Waals surface area contributed by atoms with Gasteiger partial charge in [-0.15, -0.1) is 5.10 Å². The summed E-state index contributed by atoms with van der Waals surface area (Å²) in [7, 11) is 1.81. The van der Waals surface area contributed by atoms with E-state index in [0.717, 1.165) is 47.2 Å². The van der Waals surface area contributed by atoms with Crippen molar-refractivity contribution < 1.29 is 14.3 Å². The summed E-state index contributed by atoms with van der Waals surface area (Å²) in [6.45, 7) is 3.54. The summed E-state index contributed by atoms with van der Waals surface area (Å²) in [4.78, 5) is 14.3. The Bertz CT molecular complexity index is 1110. The number of fused-ring (bicyclic) bond motifs is 2. The van der Waals surface area contributed by atoms with Gasteiger partial charge in [-0.3, -0.25) is 4.79 Å². The fourth-order valence-electron chi connectivity index (χ4n) is 3.47. The molecule has 0 bridgehead atoms. The van der Waals surface area contributed by atoms with E-state index < -0.39 is 0 Å². The van der Waals surface area contributed by atoms with Crippen LogP contribution in [0.5, 0.6) is 11.5 Å². The highest BCUT2D eigenvalue weighted by Crippen LogP contribution is 2.36. The third kappa shape index (κ3) is 4.34. The lowest BCUT2D eigenvalue weighted by Crippen LogP contribution is -2.28. The first-order chi connectivity index (χ1) is 15.2. The van der Waals surface area contributed by atoms with Gasteiger partial charge in [0.15, 0.2) is 17.8 Å². The molecule has 0 saturated heterocycles. The Morgan fingerprint density at radius 3 is 2.81 bits per heavy atom. The van der Waals surface area contributed by atoms with Crippen molar-refractivity contribution in [1.29, 1.82) is 5.26 Å². The molecule has 0 aliphatic carbocycles. The number of hydrogen-bond acceptors (Lipinski definition) is 8. The molecule has 2 aliphatic rings. The lowest BCUT2D eigenvalue weighted by molar-refractivity contribution is 0.111. The average Bonchev–Trinajstić information content (AvgIpc) is 3.27. The van der Waals surface area contributed by atoms with Crippen molar-refractivity contribution in [1.82, 2.24) is 20.1 Å². The fourth-order valence-corrected chi connectivity index (χ4v) is 3.47. The minimum absolute atomic E-state index is 0.281. The molecular weight excluding hydrogens is 396 g/mol. The normalized spacial score (nSPS) is 13.8. The number of aromatic nitrogens is 3. The summed E-state index contributed by atoms with van der Waals surface area (Å²) in [5, 5.41) is 19.5. The lowest BCUT2D eigenvalue weighted by atomic mass is 9.98. The van der Waals surface area contributed by atoms with Gasteiger partial charge in [0.05, 0.1) is 24.3 Å². The molecule has 3 heterocycles. The summed E-state index contributed by atoms with van der Waals surface area (Å²) in [6, 6.07) is 13.8. The highest BCUT2D eigenvalue weighted by Gasteiger charge is 2.15. The van der Waals surface area contributed by atoms with Crippen LogP contribution in [-0.4, -0.2) is 47.9 Å². The van der Waals surface area contributed by atoms with Gasteiger partial charge in [-0.2, -0.15) is 5.26 Å². The minimum atomic E-state index is 0.281. The van der Waals surface area contributed by atoms with Gasteiger partial charge in [0, 0.05) is 19.2 Å². The summed E-state index contributed by atoms with van der Waals surface area (Å²) in [5.41, 5.74) is 3.28. The predicted molar refractivity (Wildman–Crippen MR) is 114 cm³/mol. The maximum Gasteiger partial charge on any atom is 0.214 e. The van der Waals surface area contributed by atoms with E-state index in [4.69, 9.17) is 9.47 Å². The Kier molecular flexibility index (Phi) is 6.10. The highest BCUT2D eigenvalue weighted by atomic mass is 16.6. The van der Waals surface area contributed by atoms with Crippen molar-refractivity contribution >= 4 is 12.0 Å². The summed E-state index contributed by atoms with van der Waals surface area (Å²) < 4.78 is 12.9. The van der Waals surface area contributed by atoms with E-state index in [9.17, 15) is 10.1 Å². The molecule has 2 aliphatic heterocycles. The molecule has 0 radical (unpaired) electrons. The maximum atomic E-state index is 10.3. The number of nitrogens with one attached hydrogen (secondary N) is 2. The van der Waals surface area contributed by atoms with Crippen LogP contribution < -0.4 is 20.1 Å². The number of benzene rings is 2. The zero-order valence-electron chi connectivity index (χ0n) is 17.1. The number of nitriles is 1. The van der Waals surface area contributed by atoms with Gasteiger partial charge < -0.3 is 20.1 Å². The lowest BCUT2D eigenvalue weighted by Gasteiger charge is -2.19. The van der Waals surface area contributed by atoms with E-state index in [1.165, 1.54) is 0 Å². The van der Waals surface area contributed by atoms with Crippen LogP contribution in [0.1, 0.15) is 22.0 Å². The molecule has 0 amide bonds. The van der Waals surface area contributed by atoms with Crippen molar-refractivity contribution in [3.8, 4) is 28.7 Å². The van der Waals surface area contributed by atoms with Gasteiger partial charge in [-0.1, -0.05) is 18.2 Å². The highest BCUT2D eigenvalue weighted by molar-refractivity contribution is 5.79. The number of ether oxygens (including phenoxy) is 2. The SMILES string of the molecule is CNc1cccc(-c2ccc3c(c2)OCCO3)c1C#N.O=Cc1nc2n(n1)CCNC2. The van der Waals surface area contributed by atoms with E-state index >= 15 is 0 Å².